The first-order chi connectivity index (χ1) is 5.83. The number of hydrogen-bond acceptors (Lipinski definition) is 3. The van der Waals surface area contributed by atoms with Crippen molar-refractivity contribution in [1.82, 2.24) is 5.32 Å². The molecule has 3 heteroatoms. The van der Waals surface area contributed by atoms with Crippen LogP contribution in [0, 0.1) is 0 Å². The van der Waals surface area contributed by atoms with Crippen molar-refractivity contribution in [3.63, 3.8) is 0 Å². The van der Waals surface area contributed by atoms with Crippen molar-refractivity contribution < 1.29 is 9.47 Å². The normalized spacial score (nSPS) is 26.0. The molecule has 1 heterocycles. The van der Waals surface area contributed by atoms with E-state index in [9.17, 15) is 0 Å². The third kappa shape index (κ3) is 3.52. The van der Waals surface area contributed by atoms with Crippen LogP contribution < -0.4 is 5.32 Å². The van der Waals surface area contributed by atoms with Gasteiger partial charge in [-0.15, -0.1) is 0 Å². The molecule has 1 aliphatic heterocycles. The molecule has 2 atom stereocenters. The maximum atomic E-state index is 5.40. The van der Waals surface area contributed by atoms with Gasteiger partial charge in [-0.1, -0.05) is 0 Å². The fraction of sp³-hybridized carbons (Fsp3) is 1.00. The molecule has 72 valence electrons. The van der Waals surface area contributed by atoms with Crippen LogP contribution >= 0.6 is 0 Å². The lowest BCUT2D eigenvalue weighted by molar-refractivity contribution is 0.0733. The second-order valence-corrected chi connectivity index (χ2v) is 3.23. The lowest BCUT2D eigenvalue weighted by Crippen LogP contribution is -2.35. The summed E-state index contributed by atoms with van der Waals surface area (Å²) in [5.41, 5.74) is 0. The number of rotatable bonds is 5. The zero-order chi connectivity index (χ0) is 8.81. The fourth-order valence-electron chi connectivity index (χ4n) is 1.37. The summed E-state index contributed by atoms with van der Waals surface area (Å²) in [6.07, 6.45) is 1.45. The Bertz CT molecular complexity index is 113. The maximum absolute atomic E-state index is 5.40. The summed E-state index contributed by atoms with van der Waals surface area (Å²) in [6, 6.07) is 0.549. The standard InChI is InChI=1S/C9H19NO2/c1-3-12-8(2)6-10-9-4-5-11-7-9/h8-10H,3-7H2,1-2H3. The molecular formula is C9H19NO2. The Kier molecular flexibility index (Phi) is 4.58. The Morgan fingerprint density at radius 1 is 1.67 bits per heavy atom. The van der Waals surface area contributed by atoms with Crippen LogP contribution in [0.2, 0.25) is 0 Å². The van der Waals surface area contributed by atoms with Crippen molar-refractivity contribution >= 4 is 0 Å². The molecule has 0 aliphatic carbocycles. The van der Waals surface area contributed by atoms with E-state index in [4.69, 9.17) is 9.47 Å². The molecule has 3 nitrogen and oxygen atoms in total. The summed E-state index contributed by atoms with van der Waals surface area (Å²) in [7, 11) is 0. The third-order valence-electron chi connectivity index (χ3n) is 2.07. The molecule has 0 spiro atoms. The molecular weight excluding hydrogens is 154 g/mol. The molecule has 0 saturated carbocycles. The molecule has 1 saturated heterocycles. The summed E-state index contributed by atoms with van der Waals surface area (Å²) in [4.78, 5) is 0. The van der Waals surface area contributed by atoms with Gasteiger partial charge in [0.05, 0.1) is 12.7 Å². The van der Waals surface area contributed by atoms with Gasteiger partial charge in [0.25, 0.3) is 0 Å². The van der Waals surface area contributed by atoms with Gasteiger partial charge in [0.15, 0.2) is 0 Å². The van der Waals surface area contributed by atoms with Gasteiger partial charge in [0.2, 0.25) is 0 Å². The van der Waals surface area contributed by atoms with Gasteiger partial charge in [0, 0.05) is 25.8 Å². The predicted molar refractivity (Wildman–Crippen MR) is 48.3 cm³/mol. The van der Waals surface area contributed by atoms with Crippen LogP contribution in [0.5, 0.6) is 0 Å². The molecule has 2 unspecified atom stereocenters. The second-order valence-electron chi connectivity index (χ2n) is 3.23. The lowest BCUT2D eigenvalue weighted by Gasteiger charge is -2.15. The third-order valence-corrected chi connectivity index (χ3v) is 2.07. The zero-order valence-electron chi connectivity index (χ0n) is 8.01. The highest BCUT2D eigenvalue weighted by Crippen LogP contribution is 2.03. The highest BCUT2D eigenvalue weighted by atomic mass is 16.5. The van der Waals surface area contributed by atoms with E-state index in [1.807, 2.05) is 6.92 Å². The first-order valence-electron chi connectivity index (χ1n) is 4.75. The summed E-state index contributed by atoms with van der Waals surface area (Å²) in [6.45, 7) is 7.60. The minimum Gasteiger partial charge on any atom is -0.380 e. The minimum atomic E-state index is 0.315. The zero-order valence-corrected chi connectivity index (χ0v) is 8.01. The number of hydrogen-bond donors (Lipinski definition) is 1. The number of nitrogens with one attached hydrogen (secondary N) is 1. The van der Waals surface area contributed by atoms with Gasteiger partial charge in [-0.3, -0.25) is 0 Å². The minimum absolute atomic E-state index is 0.315. The SMILES string of the molecule is CCOC(C)CNC1CCOC1. The van der Waals surface area contributed by atoms with E-state index in [2.05, 4.69) is 12.2 Å². The first kappa shape index (κ1) is 9.96. The molecule has 0 aromatic heterocycles. The summed E-state index contributed by atoms with van der Waals surface area (Å²) >= 11 is 0. The van der Waals surface area contributed by atoms with Crippen LogP contribution in [0.25, 0.3) is 0 Å². The van der Waals surface area contributed by atoms with Crippen LogP contribution in [0.3, 0.4) is 0 Å². The quantitative estimate of drug-likeness (QED) is 0.666. The van der Waals surface area contributed by atoms with Crippen LogP contribution in [0.1, 0.15) is 20.3 Å². The number of ether oxygens (including phenoxy) is 2. The predicted octanol–water partition coefficient (Wildman–Crippen LogP) is 0.790. The van der Waals surface area contributed by atoms with Crippen LogP contribution in [-0.4, -0.2) is 38.5 Å². The van der Waals surface area contributed by atoms with Gasteiger partial charge in [-0.05, 0) is 20.3 Å². The highest BCUT2D eigenvalue weighted by molar-refractivity contribution is 4.72. The molecule has 1 aliphatic rings. The first-order valence-corrected chi connectivity index (χ1v) is 4.75. The van der Waals surface area contributed by atoms with E-state index < -0.39 is 0 Å². The van der Waals surface area contributed by atoms with Gasteiger partial charge >= 0.3 is 0 Å². The summed E-state index contributed by atoms with van der Waals surface area (Å²) < 4.78 is 10.6. The van der Waals surface area contributed by atoms with Crippen LogP contribution in [0.4, 0.5) is 0 Å². The van der Waals surface area contributed by atoms with Crippen molar-refractivity contribution in [2.75, 3.05) is 26.4 Å². The largest absolute Gasteiger partial charge is 0.380 e. The van der Waals surface area contributed by atoms with Crippen molar-refractivity contribution in [1.29, 1.82) is 0 Å². The Hall–Kier alpha value is -0.120. The van der Waals surface area contributed by atoms with Crippen molar-refractivity contribution in [3.05, 3.63) is 0 Å². The van der Waals surface area contributed by atoms with Gasteiger partial charge in [-0.25, -0.2) is 0 Å². The van der Waals surface area contributed by atoms with Crippen LogP contribution in [-0.2, 0) is 9.47 Å². The fourth-order valence-corrected chi connectivity index (χ4v) is 1.37. The molecule has 0 aromatic carbocycles. The Balaban J connectivity index is 1.99. The lowest BCUT2D eigenvalue weighted by atomic mass is 10.2. The second kappa shape index (κ2) is 5.51. The van der Waals surface area contributed by atoms with Gasteiger partial charge in [0.1, 0.15) is 0 Å². The molecule has 0 radical (unpaired) electrons. The molecule has 1 rings (SSSR count). The van der Waals surface area contributed by atoms with E-state index >= 15 is 0 Å². The van der Waals surface area contributed by atoms with E-state index in [1.54, 1.807) is 0 Å². The Morgan fingerprint density at radius 2 is 2.50 bits per heavy atom. The maximum Gasteiger partial charge on any atom is 0.0671 e. The summed E-state index contributed by atoms with van der Waals surface area (Å²) in [5, 5.41) is 3.42. The van der Waals surface area contributed by atoms with Gasteiger partial charge < -0.3 is 14.8 Å². The highest BCUT2D eigenvalue weighted by Gasteiger charge is 2.15. The molecule has 1 fully saturated rings. The molecule has 0 aromatic rings. The average Bonchev–Trinajstić information content (AvgIpc) is 2.53. The van der Waals surface area contributed by atoms with E-state index in [0.29, 0.717) is 12.1 Å². The van der Waals surface area contributed by atoms with Crippen molar-refractivity contribution in [3.8, 4) is 0 Å². The van der Waals surface area contributed by atoms with E-state index in [1.165, 1.54) is 0 Å². The molecule has 12 heavy (non-hydrogen) atoms. The van der Waals surface area contributed by atoms with Crippen LogP contribution in [0.15, 0.2) is 0 Å². The molecule has 0 amide bonds. The van der Waals surface area contributed by atoms with Gasteiger partial charge in [-0.2, -0.15) is 0 Å². The van der Waals surface area contributed by atoms with Crippen molar-refractivity contribution in [2.45, 2.75) is 32.4 Å². The summed E-state index contributed by atoms with van der Waals surface area (Å²) in [5.74, 6) is 0. The Labute approximate surface area is 74.4 Å². The molecule has 0 bridgehead atoms. The topological polar surface area (TPSA) is 30.5 Å². The van der Waals surface area contributed by atoms with E-state index in [0.717, 1.165) is 32.8 Å². The Morgan fingerprint density at radius 3 is 3.08 bits per heavy atom. The average molecular weight is 173 g/mol. The van der Waals surface area contributed by atoms with E-state index in [-0.39, 0.29) is 0 Å². The monoisotopic (exact) mass is 173 g/mol. The molecule has 1 N–H and O–H groups in total. The smallest absolute Gasteiger partial charge is 0.0671 e. The van der Waals surface area contributed by atoms with Crippen molar-refractivity contribution in [2.24, 2.45) is 0 Å².